The van der Waals surface area contributed by atoms with Crippen LogP contribution >= 0.6 is 0 Å². The van der Waals surface area contributed by atoms with Gasteiger partial charge in [-0.15, -0.1) is 0 Å². The maximum Gasteiger partial charge on any atom is 0.0381 e. The van der Waals surface area contributed by atoms with Crippen molar-refractivity contribution in [1.82, 2.24) is 0 Å². The highest BCUT2D eigenvalue weighted by Gasteiger charge is 2.22. The minimum atomic E-state index is 0.664. The summed E-state index contributed by atoms with van der Waals surface area (Å²) in [4.78, 5) is 2.14. The molecule has 0 bridgehead atoms. The molecule has 1 fully saturated rings. The number of hydrogen-bond donors (Lipinski definition) is 1. The van der Waals surface area contributed by atoms with Crippen molar-refractivity contribution in [3.8, 4) is 0 Å². The molecule has 0 spiro atoms. The third kappa shape index (κ3) is 2.49. The summed E-state index contributed by atoms with van der Waals surface area (Å²) in [7, 11) is 4.16. The van der Waals surface area contributed by atoms with Crippen molar-refractivity contribution >= 4 is 11.4 Å². The summed E-state index contributed by atoms with van der Waals surface area (Å²) in [6.07, 6.45) is 4.05. The van der Waals surface area contributed by atoms with Crippen molar-refractivity contribution in [2.75, 3.05) is 24.3 Å². The number of nitrogens with one attached hydrogen (secondary N) is 1. The summed E-state index contributed by atoms with van der Waals surface area (Å²) in [6.45, 7) is 2.35. The van der Waals surface area contributed by atoms with E-state index in [9.17, 15) is 0 Å². The molecule has 1 saturated carbocycles. The molecular formula is C14H22N2. The van der Waals surface area contributed by atoms with Crippen LogP contribution in [0.15, 0.2) is 24.3 Å². The summed E-state index contributed by atoms with van der Waals surface area (Å²) < 4.78 is 0. The largest absolute Gasteiger partial charge is 0.382 e. The number of benzene rings is 1. The second kappa shape index (κ2) is 4.77. The Bertz CT molecular complexity index is 346. The summed E-state index contributed by atoms with van der Waals surface area (Å²) in [6, 6.07) is 9.32. The highest BCUT2D eigenvalue weighted by molar-refractivity contribution is 5.57. The van der Waals surface area contributed by atoms with E-state index < -0.39 is 0 Å². The van der Waals surface area contributed by atoms with Gasteiger partial charge in [0.1, 0.15) is 0 Å². The molecule has 0 aliphatic heterocycles. The smallest absolute Gasteiger partial charge is 0.0381 e. The Labute approximate surface area is 98.7 Å². The molecule has 2 heteroatoms. The highest BCUT2D eigenvalue weighted by atomic mass is 15.1. The molecule has 1 N–H and O–H groups in total. The third-order valence-corrected chi connectivity index (χ3v) is 3.58. The van der Waals surface area contributed by atoms with Gasteiger partial charge >= 0.3 is 0 Å². The molecule has 0 saturated heterocycles. The average molecular weight is 218 g/mol. The lowest BCUT2D eigenvalue weighted by atomic mass is 10.1. The minimum Gasteiger partial charge on any atom is -0.382 e. The van der Waals surface area contributed by atoms with E-state index >= 15 is 0 Å². The van der Waals surface area contributed by atoms with E-state index in [0.29, 0.717) is 6.04 Å². The molecule has 1 aliphatic carbocycles. The monoisotopic (exact) mass is 218 g/mol. The van der Waals surface area contributed by atoms with Crippen molar-refractivity contribution in [3.05, 3.63) is 24.3 Å². The molecule has 2 nitrogen and oxygen atoms in total. The van der Waals surface area contributed by atoms with Crippen LogP contribution in [0.4, 0.5) is 11.4 Å². The van der Waals surface area contributed by atoms with Gasteiger partial charge in [0.05, 0.1) is 0 Å². The molecule has 16 heavy (non-hydrogen) atoms. The minimum absolute atomic E-state index is 0.664. The summed E-state index contributed by atoms with van der Waals surface area (Å²) in [5.41, 5.74) is 2.51. The van der Waals surface area contributed by atoms with Gasteiger partial charge in [-0.25, -0.2) is 0 Å². The predicted octanol–water partition coefficient (Wildman–Crippen LogP) is 3.35. The number of nitrogens with zero attached hydrogens (tertiary/aromatic N) is 1. The van der Waals surface area contributed by atoms with Crippen LogP contribution in [0, 0.1) is 5.92 Å². The second-order valence-electron chi connectivity index (χ2n) is 5.10. The number of hydrogen-bond acceptors (Lipinski definition) is 2. The molecule has 1 aromatic rings. The van der Waals surface area contributed by atoms with E-state index in [4.69, 9.17) is 0 Å². The molecule has 0 heterocycles. The lowest BCUT2D eigenvalue weighted by Gasteiger charge is -2.20. The average Bonchev–Trinajstić information content (AvgIpc) is 2.65. The van der Waals surface area contributed by atoms with Crippen LogP contribution in [-0.2, 0) is 0 Å². The molecule has 0 aromatic heterocycles. The van der Waals surface area contributed by atoms with Gasteiger partial charge in [0, 0.05) is 31.5 Å². The van der Waals surface area contributed by atoms with Crippen LogP contribution in [0.5, 0.6) is 0 Å². The van der Waals surface area contributed by atoms with Gasteiger partial charge in [-0.05, 0) is 37.0 Å². The zero-order valence-corrected chi connectivity index (χ0v) is 10.5. The van der Waals surface area contributed by atoms with Gasteiger partial charge in [-0.3, -0.25) is 0 Å². The molecule has 1 aromatic carbocycles. The maximum absolute atomic E-state index is 3.66. The van der Waals surface area contributed by atoms with Crippen molar-refractivity contribution in [2.24, 2.45) is 5.92 Å². The van der Waals surface area contributed by atoms with Crippen LogP contribution in [0.25, 0.3) is 0 Å². The second-order valence-corrected chi connectivity index (χ2v) is 5.10. The SMILES string of the molecule is CC1CCCC1Nc1cccc(N(C)C)c1. The van der Waals surface area contributed by atoms with Crippen LogP contribution < -0.4 is 10.2 Å². The van der Waals surface area contributed by atoms with Crippen LogP contribution in [0.2, 0.25) is 0 Å². The lowest BCUT2D eigenvalue weighted by molar-refractivity contribution is 0.556. The Kier molecular flexibility index (Phi) is 3.37. The number of anilines is 2. The topological polar surface area (TPSA) is 15.3 Å². The molecular weight excluding hydrogens is 196 g/mol. The van der Waals surface area contributed by atoms with Gasteiger partial charge in [-0.2, -0.15) is 0 Å². The molecule has 88 valence electrons. The molecule has 1 aliphatic rings. The van der Waals surface area contributed by atoms with Crippen molar-refractivity contribution in [1.29, 1.82) is 0 Å². The third-order valence-electron chi connectivity index (χ3n) is 3.58. The Morgan fingerprint density at radius 1 is 1.25 bits per heavy atom. The van der Waals surface area contributed by atoms with Gasteiger partial charge < -0.3 is 10.2 Å². The van der Waals surface area contributed by atoms with Crippen LogP contribution in [0.3, 0.4) is 0 Å². The Balaban J connectivity index is 2.06. The summed E-state index contributed by atoms with van der Waals surface area (Å²) in [5.74, 6) is 0.808. The molecule has 2 atom stereocenters. The van der Waals surface area contributed by atoms with E-state index in [1.807, 2.05) is 0 Å². The van der Waals surface area contributed by atoms with E-state index in [2.05, 4.69) is 55.5 Å². The van der Waals surface area contributed by atoms with Crippen molar-refractivity contribution in [2.45, 2.75) is 32.2 Å². The Morgan fingerprint density at radius 3 is 2.69 bits per heavy atom. The Morgan fingerprint density at radius 2 is 2.06 bits per heavy atom. The fraction of sp³-hybridized carbons (Fsp3) is 0.571. The van der Waals surface area contributed by atoms with E-state index in [0.717, 1.165) is 5.92 Å². The van der Waals surface area contributed by atoms with Crippen molar-refractivity contribution < 1.29 is 0 Å². The van der Waals surface area contributed by atoms with E-state index in [-0.39, 0.29) is 0 Å². The summed E-state index contributed by atoms with van der Waals surface area (Å²) >= 11 is 0. The maximum atomic E-state index is 3.66. The number of rotatable bonds is 3. The zero-order valence-electron chi connectivity index (χ0n) is 10.5. The fourth-order valence-corrected chi connectivity index (χ4v) is 2.45. The molecule has 2 unspecified atom stereocenters. The van der Waals surface area contributed by atoms with Gasteiger partial charge in [-0.1, -0.05) is 19.4 Å². The highest BCUT2D eigenvalue weighted by Crippen LogP contribution is 2.28. The van der Waals surface area contributed by atoms with Crippen LogP contribution in [-0.4, -0.2) is 20.1 Å². The first-order valence-corrected chi connectivity index (χ1v) is 6.21. The van der Waals surface area contributed by atoms with E-state index in [1.165, 1.54) is 30.6 Å². The lowest BCUT2D eigenvalue weighted by Crippen LogP contribution is -2.21. The first kappa shape index (κ1) is 11.3. The summed E-state index contributed by atoms with van der Waals surface area (Å²) in [5, 5.41) is 3.66. The Hall–Kier alpha value is -1.18. The first-order chi connectivity index (χ1) is 7.66. The zero-order chi connectivity index (χ0) is 11.5. The molecule has 2 rings (SSSR count). The molecule has 0 amide bonds. The fourth-order valence-electron chi connectivity index (χ4n) is 2.45. The first-order valence-electron chi connectivity index (χ1n) is 6.21. The quantitative estimate of drug-likeness (QED) is 0.837. The normalized spacial score (nSPS) is 24.4. The van der Waals surface area contributed by atoms with Crippen LogP contribution in [0.1, 0.15) is 26.2 Å². The van der Waals surface area contributed by atoms with Gasteiger partial charge in [0.15, 0.2) is 0 Å². The van der Waals surface area contributed by atoms with Gasteiger partial charge in [0.2, 0.25) is 0 Å². The predicted molar refractivity (Wildman–Crippen MR) is 71.2 cm³/mol. The van der Waals surface area contributed by atoms with Gasteiger partial charge in [0.25, 0.3) is 0 Å². The van der Waals surface area contributed by atoms with Crippen molar-refractivity contribution in [3.63, 3.8) is 0 Å². The standard InChI is InChI=1S/C14H22N2/c1-11-6-4-9-14(11)15-12-7-5-8-13(10-12)16(2)3/h5,7-8,10-11,14-15H,4,6,9H2,1-3H3. The molecule has 0 radical (unpaired) electrons. The van der Waals surface area contributed by atoms with E-state index in [1.54, 1.807) is 0 Å².